The molecule has 0 unspecified atom stereocenters. The Labute approximate surface area is 263 Å². The molecule has 0 fully saturated rings. The quantitative estimate of drug-likeness (QED) is 0.175. The van der Waals surface area contributed by atoms with Gasteiger partial charge in [-0.2, -0.15) is 0 Å². The van der Waals surface area contributed by atoms with Crippen LogP contribution in [-0.2, 0) is 0 Å². The minimum Gasteiger partial charge on any atom is -0.308 e. The van der Waals surface area contributed by atoms with Crippen LogP contribution < -0.4 is 9.80 Å². The molecule has 1 aliphatic rings. The van der Waals surface area contributed by atoms with Gasteiger partial charge in [0.25, 0.3) is 0 Å². The fraction of sp³-hybridized carbons (Fsp3) is 0.0732. The van der Waals surface area contributed by atoms with Gasteiger partial charge in [0.15, 0.2) is 11.6 Å². The van der Waals surface area contributed by atoms with Gasteiger partial charge in [-0.3, -0.25) is 9.59 Å². The SMILES string of the molecule is Cc1cc(C)cc(C2C(=O)c3cc(N(c4ccccc4)c4ccccc4)c(N(c4ccccc4)c4ccccc4)cc3C2=O)c1. The van der Waals surface area contributed by atoms with Crippen LogP contribution in [0.15, 0.2) is 152 Å². The van der Waals surface area contributed by atoms with E-state index in [1.807, 2.05) is 111 Å². The van der Waals surface area contributed by atoms with Crippen LogP contribution in [0.4, 0.5) is 34.1 Å². The van der Waals surface area contributed by atoms with Gasteiger partial charge in [0.05, 0.1) is 11.4 Å². The van der Waals surface area contributed by atoms with E-state index in [4.69, 9.17) is 0 Å². The van der Waals surface area contributed by atoms with Crippen molar-refractivity contribution < 1.29 is 9.59 Å². The van der Waals surface area contributed by atoms with Gasteiger partial charge < -0.3 is 9.80 Å². The maximum absolute atomic E-state index is 14.2. The second-order valence-corrected chi connectivity index (χ2v) is 11.5. The van der Waals surface area contributed by atoms with Crippen molar-refractivity contribution >= 4 is 45.7 Å². The topological polar surface area (TPSA) is 40.6 Å². The van der Waals surface area contributed by atoms with Crippen LogP contribution in [0.25, 0.3) is 0 Å². The minimum absolute atomic E-state index is 0.167. The lowest BCUT2D eigenvalue weighted by Crippen LogP contribution is -2.18. The van der Waals surface area contributed by atoms with Crippen molar-refractivity contribution in [3.63, 3.8) is 0 Å². The number of aryl methyl sites for hydroxylation is 2. The average Bonchev–Trinajstić information content (AvgIpc) is 3.31. The number of rotatable bonds is 7. The molecular weight excluding hydrogens is 552 g/mol. The van der Waals surface area contributed by atoms with E-state index in [9.17, 15) is 9.59 Å². The van der Waals surface area contributed by atoms with E-state index in [-0.39, 0.29) is 11.6 Å². The lowest BCUT2D eigenvalue weighted by Gasteiger charge is -2.33. The first-order valence-electron chi connectivity index (χ1n) is 15.1. The number of ketones is 2. The number of carbonyl (C=O) groups is 2. The summed E-state index contributed by atoms with van der Waals surface area (Å²) in [5, 5.41) is 0. The molecule has 0 spiro atoms. The third-order valence-corrected chi connectivity index (χ3v) is 8.29. The molecule has 0 amide bonds. The van der Waals surface area contributed by atoms with Crippen LogP contribution in [0.5, 0.6) is 0 Å². The number of nitrogens with zero attached hydrogens (tertiary/aromatic N) is 2. The number of carbonyl (C=O) groups excluding carboxylic acids is 2. The normalized spacial score (nSPS) is 12.7. The number of hydrogen-bond donors (Lipinski definition) is 0. The number of hydrogen-bond acceptors (Lipinski definition) is 4. The van der Waals surface area contributed by atoms with Crippen LogP contribution in [0.3, 0.4) is 0 Å². The number of para-hydroxylation sites is 4. The molecule has 7 rings (SSSR count). The number of benzene rings is 6. The summed E-state index contributed by atoms with van der Waals surface area (Å²) in [6.07, 6.45) is 0. The Bertz CT molecular complexity index is 1780. The standard InChI is InChI=1S/C41H32N2O2/c1-28-23-29(2)25-30(24-28)39-40(44)35-26-37(42(31-15-7-3-8-16-31)32-17-9-4-10-18-32)38(27-36(35)41(39)45)43(33-19-11-5-12-20-33)34-21-13-6-14-22-34/h3-27,39H,1-2H3. The first-order valence-corrected chi connectivity index (χ1v) is 15.1. The highest BCUT2D eigenvalue weighted by molar-refractivity contribution is 6.30. The van der Waals surface area contributed by atoms with E-state index < -0.39 is 5.92 Å². The molecule has 1 aliphatic carbocycles. The van der Waals surface area contributed by atoms with E-state index in [1.165, 1.54) is 0 Å². The maximum atomic E-state index is 14.2. The molecule has 0 aliphatic heterocycles. The molecule has 0 atom stereocenters. The van der Waals surface area contributed by atoms with Crippen molar-refractivity contribution in [1.82, 2.24) is 0 Å². The van der Waals surface area contributed by atoms with Crippen molar-refractivity contribution in [2.24, 2.45) is 0 Å². The summed E-state index contributed by atoms with van der Waals surface area (Å²) >= 11 is 0. The molecule has 0 heterocycles. The van der Waals surface area contributed by atoms with Gasteiger partial charge in [0, 0.05) is 33.9 Å². The Balaban J connectivity index is 1.53. The van der Waals surface area contributed by atoms with E-state index in [0.717, 1.165) is 50.8 Å². The Morgan fingerprint density at radius 1 is 0.422 bits per heavy atom. The van der Waals surface area contributed by atoms with Crippen LogP contribution in [0, 0.1) is 13.8 Å². The zero-order valence-electron chi connectivity index (χ0n) is 25.2. The van der Waals surface area contributed by atoms with Crippen LogP contribution in [0.1, 0.15) is 43.3 Å². The van der Waals surface area contributed by atoms with Gasteiger partial charge >= 0.3 is 0 Å². The molecule has 45 heavy (non-hydrogen) atoms. The summed E-state index contributed by atoms with van der Waals surface area (Å²) in [6, 6.07) is 50.4. The second kappa shape index (κ2) is 11.7. The van der Waals surface area contributed by atoms with E-state index in [2.05, 4.69) is 64.4 Å². The van der Waals surface area contributed by atoms with Crippen LogP contribution in [0.2, 0.25) is 0 Å². The fourth-order valence-corrected chi connectivity index (χ4v) is 6.41. The van der Waals surface area contributed by atoms with Crippen molar-refractivity contribution in [1.29, 1.82) is 0 Å². The number of Topliss-reactive ketones (excluding diaryl/α,β-unsaturated/α-hetero) is 2. The summed E-state index contributed by atoms with van der Waals surface area (Å²) in [7, 11) is 0. The second-order valence-electron chi connectivity index (χ2n) is 11.5. The molecule has 218 valence electrons. The smallest absolute Gasteiger partial charge is 0.178 e. The Morgan fingerprint density at radius 2 is 0.733 bits per heavy atom. The lowest BCUT2D eigenvalue weighted by atomic mass is 9.92. The monoisotopic (exact) mass is 584 g/mol. The molecule has 4 nitrogen and oxygen atoms in total. The zero-order valence-corrected chi connectivity index (χ0v) is 25.2. The van der Waals surface area contributed by atoms with Gasteiger partial charge in [-0.05, 0) is 80.1 Å². The number of anilines is 6. The first kappa shape index (κ1) is 28.1. The molecular formula is C41H32N2O2. The predicted octanol–water partition coefficient (Wildman–Crippen LogP) is 10.4. The molecule has 0 aromatic heterocycles. The predicted molar refractivity (Wildman–Crippen MR) is 183 cm³/mol. The van der Waals surface area contributed by atoms with E-state index >= 15 is 0 Å². The van der Waals surface area contributed by atoms with Gasteiger partial charge in [0.1, 0.15) is 5.92 Å². The highest BCUT2D eigenvalue weighted by atomic mass is 16.2. The summed E-state index contributed by atoms with van der Waals surface area (Å²) in [5.74, 6) is -1.20. The largest absolute Gasteiger partial charge is 0.308 e. The summed E-state index contributed by atoms with van der Waals surface area (Å²) < 4.78 is 0. The zero-order chi connectivity index (χ0) is 30.9. The molecule has 0 saturated carbocycles. The van der Waals surface area contributed by atoms with Crippen molar-refractivity contribution in [2.45, 2.75) is 19.8 Å². The van der Waals surface area contributed by atoms with Crippen molar-refractivity contribution in [3.05, 3.63) is 179 Å². The summed E-state index contributed by atoms with van der Waals surface area (Å²) in [6.45, 7) is 4.00. The third-order valence-electron chi connectivity index (χ3n) is 8.29. The van der Waals surface area contributed by atoms with E-state index in [1.54, 1.807) is 0 Å². The highest BCUT2D eigenvalue weighted by Crippen LogP contribution is 2.49. The highest BCUT2D eigenvalue weighted by Gasteiger charge is 2.41. The summed E-state index contributed by atoms with van der Waals surface area (Å²) in [4.78, 5) is 32.8. The van der Waals surface area contributed by atoms with Gasteiger partial charge in [-0.1, -0.05) is 102 Å². The third kappa shape index (κ3) is 5.21. The van der Waals surface area contributed by atoms with Gasteiger partial charge in [-0.15, -0.1) is 0 Å². The van der Waals surface area contributed by atoms with Gasteiger partial charge in [-0.25, -0.2) is 0 Å². The summed E-state index contributed by atoms with van der Waals surface area (Å²) in [5.41, 5.74) is 9.03. The maximum Gasteiger partial charge on any atom is 0.178 e. The Morgan fingerprint density at radius 3 is 1.04 bits per heavy atom. The Hall–Kier alpha value is -5.74. The van der Waals surface area contributed by atoms with Crippen LogP contribution >= 0.6 is 0 Å². The number of fused-ring (bicyclic) bond motifs is 1. The lowest BCUT2D eigenvalue weighted by molar-refractivity contribution is 0.0890. The molecule has 0 bridgehead atoms. The van der Waals surface area contributed by atoms with E-state index in [0.29, 0.717) is 11.1 Å². The Kier molecular flexibility index (Phi) is 7.32. The fourth-order valence-electron chi connectivity index (χ4n) is 6.41. The molecule has 6 aromatic carbocycles. The molecule has 4 heteroatoms. The first-order chi connectivity index (χ1) is 22.0. The molecule has 0 N–H and O–H groups in total. The van der Waals surface area contributed by atoms with Gasteiger partial charge in [0.2, 0.25) is 0 Å². The average molecular weight is 585 g/mol. The molecule has 6 aromatic rings. The minimum atomic E-state index is -0.870. The van der Waals surface area contributed by atoms with Crippen LogP contribution in [-0.4, -0.2) is 11.6 Å². The molecule has 0 radical (unpaired) electrons. The van der Waals surface area contributed by atoms with Crippen molar-refractivity contribution in [2.75, 3.05) is 9.80 Å². The molecule has 0 saturated heterocycles. The van der Waals surface area contributed by atoms with Crippen molar-refractivity contribution in [3.8, 4) is 0 Å².